The van der Waals surface area contributed by atoms with Gasteiger partial charge in [-0.05, 0) is 30.7 Å². The number of benzene rings is 1. The smallest absolute Gasteiger partial charge is 0.119 e. The van der Waals surface area contributed by atoms with Crippen LogP contribution in [0, 0.1) is 11.3 Å². The topological polar surface area (TPSA) is 42.2 Å². The van der Waals surface area contributed by atoms with E-state index < -0.39 is 0 Å². The summed E-state index contributed by atoms with van der Waals surface area (Å²) in [6.07, 6.45) is 1.80. The molecule has 1 aromatic rings. The molecule has 0 radical (unpaired) electrons. The molecule has 0 spiro atoms. The SMILES string of the molecule is CCOc1ccc(/C=C(\C#N)COC)cc1. The second-order valence-corrected chi connectivity index (χ2v) is 3.22. The zero-order valence-corrected chi connectivity index (χ0v) is 9.56. The molecule has 3 nitrogen and oxygen atoms in total. The van der Waals surface area contributed by atoms with Crippen LogP contribution in [0.3, 0.4) is 0 Å². The van der Waals surface area contributed by atoms with Crippen molar-refractivity contribution < 1.29 is 9.47 Å². The maximum Gasteiger partial charge on any atom is 0.119 e. The van der Waals surface area contributed by atoms with E-state index in [1.165, 1.54) is 0 Å². The van der Waals surface area contributed by atoms with Gasteiger partial charge in [0, 0.05) is 7.11 Å². The highest BCUT2D eigenvalue weighted by Gasteiger charge is 1.96. The van der Waals surface area contributed by atoms with E-state index in [-0.39, 0.29) is 0 Å². The molecule has 0 fully saturated rings. The first-order valence-corrected chi connectivity index (χ1v) is 5.12. The molecule has 0 aliphatic heterocycles. The fraction of sp³-hybridized carbons (Fsp3) is 0.308. The number of hydrogen-bond donors (Lipinski definition) is 0. The Morgan fingerprint density at radius 2 is 2.06 bits per heavy atom. The molecule has 16 heavy (non-hydrogen) atoms. The van der Waals surface area contributed by atoms with Crippen molar-refractivity contribution in [3.63, 3.8) is 0 Å². The lowest BCUT2D eigenvalue weighted by Gasteiger charge is -2.02. The van der Waals surface area contributed by atoms with Crippen LogP contribution in [-0.4, -0.2) is 20.3 Å². The average molecular weight is 217 g/mol. The number of nitrogens with zero attached hydrogens (tertiary/aromatic N) is 1. The predicted octanol–water partition coefficient (Wildman–Crippen LogP) is 2.64. The van der Waals surface area contributed by atoms with Crippen molar-refractivity contribution in [2.24, 2.45) is 0 Å². The lowest BCUT2D eigenvalue weighted by Crippen LogP contribution is -1.92. The van der Waals surface area contributed by atoms with Gasteiger partial charge in [-0.2, -0.15) is 5.26 Å². The minimum atomic E-state index is 0.337. The van der Waals surface area contributed by atoms with E-state index in [0.29, 0.717) is 18.8 Å². The first kappa shape index (κ1) is 12.3. The monoisotopic (exact) mass is 217 g/mol. The quantitative estimate of drug-likeness (QED) is 0.712. The van der Waals surface area contributed by atoms with Gasteiger partial charge in [0.25, 0.3) is 0 Å². The molecule has 0 heterocycles. The first-order chi connectivity index (χ1) is 7.80. The second kappa shape index (κ2) is 6.65. The van der Waals surface area contributed by atoms with Gasteiger partial charge in [-0.15, -0.1) is 0 Å². The molecule has 84 valence electrons. The van der Waals surface area contributed by atoms with Gasteiger partial charge in [0.15, 0.2) is 0 Å². The summed E-state index contributed by atoms with van der Waals surface area (Å²) >= 11 is 0. The van der Waals surface area contributed by atoms with E-state index in [1.807, 2.05) is 31.2 Å². The van der Waals surface area contributed by atoms with Gasteiger partial charge >= 0.3 is 0 Å². The fourth-order valence-electron chi connectivity index (χ4n) is 1.29. The molecule has 0 aliphatic rings. The van der Waals surface area contributed by atoms with E-state index in [9.17, 15) is 0 Å². The van der Waals surface area contributed by atoms with Gasteiger partial charge in [-0.1, -0.05) is 12.1 Å². The zero-order valence-electron chi connectivity index (χ0n) is 9.56. The van der Waals surface area contributed by atoms with E-state index in [1.54, 1.807) is 13.2 Å². The summed E-state index contributed by atoms with van der Waals surface area (Å²) in [7, 11) is 1.57. The van der Waals surface area contributed by atoms with Gasteiger partial charge in [0.1, 0.15) is 5.75 Å². The molecule has 0 N–H and O–H groups in total. The van der Waals surface area contributed by atoms with Crippen LogP contribution in [0.5, 0.6) is 5.75 Å². The van der Waals surface area contributed by atoms with Crippen molar-refractivity contribution >= 4 is 6.08 Å². The summed E-state index contributed by atoms with van der Waals surface area (Å²) in [5.74, 6) is 0.838. The van der Waals surface area contributed by atoms with E-state index in [2.05, 4.69) is 6.07 Å². The molecule has 0 saturated carbocycles. The van der Waals surface area contributed by atoms with Gasteiger partial charge in [0.2, 0.25) is 0 Å². The van der Waals surface area contributed by atoms with Crippen molar-refractivity contribution in [2.45, 2.75) is 6.92 Å². The summed E-state index contributed by atoms with van der Waals surface area (Å²) in [6, 6.07) is 9.70. The molecule has 1 rings (SSSR count). The van der Waals surface area contributed by atoms with E-state index >= 15 is 0 Å². The molecule has 0 amide bonds. The summed E-state index contributed by atoms with van der Waals surface area (Å²) in [6.45, 7) is 2.94. The van der Waals surface area contributed by atoms with Crippen molar-refractivity contribution in [3.05, 3.63) is 35.4 Å². The summed E-state index contributed by atoms with van der Waals surface area (Å²) in [5.41, 5.74) is 1.57. The minimum Gasteiger partial charge on any atom is -0.494 e. The Bertz CT molecular complexity index is 387. The van der Waals surface area contributed by atoms with Crippen LogP contribution in [0.25, 0.3) is 6.08 Å². The Morgan fingerprint density at radius 3 is 2.56 bits per heavy atom. The maximum absolute atomic E-state index is 8.83. The summed E-state index contributed by atoms with van der Waals surface area (Å²) < 4.78 is 10.2. The summed E-state index contributed by atoms with van der Waals surface area (Å²) in [4.78, 5) is 0. The van der Waals surface area contributed by atoms with E-state index in [0.717, 1.165) is 11.3 Å². The normalized spacial score (nSPS) is 10.9. The highest BCUT2D eigenvalue weighted by atomic mass is 16.5. The predicted molar refractivity (Wildman–Crippen MR) is 63.1 cm³/mol. The van der Waals surface area contributed by atoms with Crippen molar-refractivity contribution in [1.82, 2.24) is 0 Å². The van der Waals surface area contributed by atoms with Gasteiger partial charge in [-0.25, -0.2) is 0 Å². The highest BCUT2D eigenvalue weighted by molar-refractivity contribution is 5.57. The van der Waals surface area contributed by atoms with Crippen LogP contribution in [0.1, 0.15) is 12.5 Å². The molecule has 0 bridgehead atoms. The molecule has 0 atom stereocenters. The van der Waals surface area contributed by atoms with Crippen LogP contribution < -0.4 is 4.74 Å². The Hall–Kier alpha value is -1.79. The molecule has 0 saturated heterocycles. The number of nitriles is 1. The van der Waals surface area contributed by atoms with Crippen LogP contribution >= 0.6 is 0 Å². The molecular formula is C13H15NO2. The zero-order chi connectivity index (χ0) is 11.8. The van der Waals surface area contributed by atoms with Gasteiger partial charge in [-0.3, -0.25) is 0 Å². The average Bonchev–Trinajstić information content (AvgIpc) is 2.31. The van der Waals surface area contributed by atoms with Crippen LogP contribution in [0.2, 0.25) is 0 Å². The van der Waals surface area contributed by atoms with Gasteiger partial charge in [0.05, 0.1) is 24.9 Å². The standard InChI is InChI=1S/C13H15NO2/c1-3-16-13-6-4-11(5-7-13)8-12(9-14)10-15-2/h4-8H,3,10H2,1-2H3/b12-8+. The maximum atomic E-state index is 8.83. The first-order valence-electron chi connectivity index (χ1n) is 5.12. The molecule has 3 heteroatoms. The number of hydrogen-bond acceptors (Lipinski definition) is 3. The molecule has 0 unspecified atom stereocenters. The van der Waals surface area contributed by atoms with Crippen LogP contribution in [0.4, 0.5) is 0 Å². The van der Waals surface area contributed by atoms with Gasteiger partial charge < -0.3 is 9.47 Å². The fourth-order valence-corrected chi connectivity index (χ4v) is 1.29. The third-order valence-electron chi connectivity index (χ3n) is 1.98. The highest BCUT2D eigenvalue weighted by Crippen LogP contribution is 2.14. The number of methoxy groups -OCH3 is 1. The van der Waals surface area contributed by atoms with Crippen molar-refractivity contribution in [2.75, 3.05) is 20.3 Å². The molecule has 0 aromatic heterocycles. The Morgan fingerprint density at radius 1 is 1.38 bits per heavy atom. The molecule has 1 aromatic carbocycles. The number of ether oxygens (including phenoxy) is 2. The Labute approximate surface area is 95.9 Å². The van der Waals surface area contributed by atoms with Crippen LogP contribution in [0.15, 0.2) is 29.8 Å². The van der Waals surface area contributed by atoms with E-state index in [4.69, 9.17) is 14.7 Å². The second-order valence-electron chi connectivity index (χ2n) is 3.22. The van der Waals surface area contributed by atoms with Crippen molar-refractivity contribution in [3.8, 4) is 11.8 Å². The van der Waals surface area contributed by atoms with Crippen molar-refractivity contribution in [1.29, 1.82) is 5.26 Å². The number of rotatable bonds is 5. The third kappa shape index (κ3) is 3.76. The van der Waals surface area contributed by atoms with Crippen LogP contribution in [-0.2, 0) is 4.74 Å². The summed E-state index contributed by atoms with van der Waals surface area (Å²) in [5, 5.41) is 8.83. The Balaban J connectivity index is 2.77. The lowest BCUT2D eigenvalue weighted by molar-refractivity contribution is 0.229. The molecule has 0 aliphatic carbocycles. The lowest BCUT2D eigenvalue weighted by atomic mass is 10.1. The Kier molecular flexibility index (Phi) is 5.10. The minimum absolute atomic E-state index is 0.337. The molecular weight excluding hydrogens is 202 g/mol. The largest absolute Gasteiger partial charge is 0.494 e. The third-order valence-corrected chi connectivity index (χ3v) is 1.98.